The maximum atomic E-state index is 12.8. The first-order valence-corrected chi connectivity index (χ1v) is 10.6. The molecule has 1 atom stereocenters. The summed E-state index contributed by atoms with van der Waals surface area (Å²) in [4.78, 5) is 18.1. The number of thiazole rings is 1. The van der Waals surface area contributed by atoms with Crippen molar-refractivity contribution in [2.75, 3.05) is 13.2 Å². The number of hydrogen-bond acceptors (Lipinski definition) is 6. The lowest BCUT2D eigenvalue weighted by molar-refractivity contribution is 0.0518. The van der Waals surface area contributed by atoms with Crippen molar-refractivity contribution in [3.63, 3.8) is 0 Å². The Morgan fingerprint density at radius 1 is 1.15 bits per heavy atom. The predicted octanol–water partition coefficient (Wildman–Crippen LogP) is 4.89. The topological polar surface area (TPSA) is 60.5 Å². The number of benzene rings is 1. The van der Waals surface area contributed by atoms with Crippen LogP contribution in [0.4, 0.5) is 0 Å². The molecule has 1 unspecified atom stereocenters. The SMILES string of the molecule is O=C(NC(c1cccs1)C1CCOCC1)c1ccc(Oc2nccs2)cc1. The van der Waals surface area contributed by atoms with E-state index in [0.717, 1.165) is 26.1 Å². The van der Waals surface area contributed by atoms with Crippen molar-refractivity contribution < 1.29 is 14.3 Å². The Balaban J connectivity index is 1.45. The molecule has 5 nitrogen and oxygen atoms in total. The molecule has 0 saturated carbocycles. The maximum absolute atomic E-state index is 12.8. The summed E-state index contributed by atoms with van der Waals surface area (Å²) in [6.45, 7) is 1.51. The van der Waals surface area contributed by atoms with Gasteiger partial charge < -0.3 is 14.8 Å². The second-order valence-corrected chi connectivity index (χ2v) is 8.18. The third-order valence-electron chi connectivity index (χ3n) is 4.60. The van der Waals surface area contributed by atoms with E-state index in [1.165, 1.54) is 16.2 Å². The number of aromatic nitrogens is 1. The van der Waals surface area contributed by atoms with Gasteiger partial charge in [0.25, 0.3) is 11.1 Å². The summed E-state index contributed by atoms with van der Waals surface area (Å²) in [5, 5.41) is 7.74. The van der Waals surface area contributed by atoms with E-state index in [-0.39, 0.29) is 11.9 Å². The van der Waals surface area contributed by atoms with Gasteiger partial charge in [0.15, 0.2) is 0 Å². The molecule has 4 rings (SSSR count). The molecule has 1 fully saturated rings. The molecule has 1 amide bonds. The van der Waals surface area contributed by atoms with E-state index >= 15 is 0 Å². The summed E-state index contributed by atoms with van der Waals surface area (Å²) in [5.74, 6) is 0.996. The molecule has 0 radical (unpaired) electrons. The number of nitrogens with one attached hydrogen (secondary N) is 1. The summed E-state index contributed by atoms with van der Waals surface area (Å²) in [6, 6.07) is 11.3. The van der Waals surface area contributed by atoms with Crippen molar-refractivity contribution in [2.24, 2.45) is 5.92 Å². The van der Waals surface area contributed by atoms with Crippen molar-refractivity contribution in [3.8, 4) is 10.9 Å². The van der Waals surface area contributed by atoms with Crippen LogP contribution in [-0.2, 0) is 4.74 Å². The number of nitrogens with zero attached hydrogens (tertiary/aromatic N) is 1. The Bertz CT molecular complexity index is 842. The fourth-order valence-corrected chi connectivity index (χ4v) is 4.57. The summed E-state index contributed by atoms with van der Waals surface area (Å²) in [7, 11) is 0. The van der Waals surface area contributed by atoms with Gasteiger partial charge in [0, 0.05) is 35.2 Å². The zero-order valence-corrected chi connectivity index (χ0v) is 16.3. The van der Waals surface area contributed by atoms with Crippen LogP contribution in [-0.4, -0.2) is 24.1 Å². The lowest BCUT2D eigenvalue weighted by Crippen LogP contribution is -2.35. The lowest BCUT2D eigenvalue weighted by Gasteiger charge is -2.30. The molecule has 0 bridgehead atoms. The standard InChI is InChI=1S/C20H20N2O3S2/c23-19(15-3-5-16(6-4-15)25-20-21-9-13-27-20)22-18(17-2-1-12-26-17)14-7-10-24-11-8-14/h1-6,9,12-14,18H,7-8,10-11H2,(H,22,23). The molecule has 1 aromatic carbocycles. The maximum Gasteiger partial charge on any atom is 0.278 e. The Morgan fingerprint density at radius 2 is 1.96 bits per heavy atom. The van der Waals surface area contributed by atoms with E-state index in [1.54, 1.807) is 41.8 Å². The minimum absolute atomic E-state index is 0.0210. The summed E-state index contributed by atoms with van der Waals surface area (Å²) < 4.78 is 11.1. The molecule has 3 heterocycles. The molecule has 1 aliphatic rings. The smallest absolute Gasteiger partial charge is 0.278 e. The van der Waals surface area contributed by atoms with Crippen molar-refractivity contribution >= 4 is 28.6 Å². The quantitative estimate of drug-likeness (QED) is 0.640. The van der Waals surface area contributed by atoms with Crippen molar-refractivity contribution in [1.82, 2.24) is 10.3 Å². The largest absolute Gasteiger partial charge is 0.431 e. The van der Waals surface area contributed by atoms with Crippen molar-refractivity contribution in [2.45, 2.75) is 18.9 Å². The first kappa shape index (κ1) is 18.2. The first-order valence-electron chi connectivity index (χ1n) is 8.89. The Labute approximate surface area is 166 Å². The molecular weight excluding hydrogens is 380 g/mol. The molecule has 1 N–H and O–H groups in total. The van der Waals surface area contributed by atoms with E-state index in [2.05, 4.69) is 21.7 Å². The van der Waals surface area contributed by atoms with Crippen LogP contribution < -0.4 is 10.1 Å². The highest BCUT2D eigenvalue weighted by molar-refractivity contribution is 7.11. The summed E-state index contributed by atoms with van der Waals surface area (Å²) in [5.41, 5.74) is 0.620. The normalized spacial score (nSPS) is 16.0. The number of thiophene rings is 1. The van der Waals surface area contributed by atoms with Gasteiger partial charge in [-0.1, -0.05) is 17.4 Å². The van der Waals surface area contributed by atoms with Crippen LogP contribution in [0.25, 0.3) is 0 Å². The molecule has 0 aliphatic carbocycles. The van der Waals surface area contributed by atoms with Gasteiger partial charge in [-0.05, 0) is 54.5 Å². The molecule has 140 valence electrons. The summed E-state index contributed by atoms with van der Waals surface area (Å²) >= 11 is 3.11. The van der Waals surface area contributed by atoms with Gasteiger partial charge in [0.1, 0.15) is 5.75 Å². The average molecular weight is 401 g/mol. The molecule has 2 aromatic heterocycles. The molecule has 7 heteroatoms. The van der Waals surface area contributed by atoms with E-state index in [0.29, 0.717) is 22.4 Å². The zero-order valence-electron chi connectivity index (χ0n) is 14.7. The van der Waals surface area contributed by atoms with Gasteiger partial charge in [-0.3, -0.25) is 4.79 Å². The van der Waals surface area contributed by atoms with E-state index in [1.807, 2.05) is 11.4 Å². The van der Waals surface area contributed by atoms with Crippen LogP contribution in [0.2, 0.25) is 0 Å². The van der Waals surface area contributed by atoms with Gasteiger partial charge in [-0.15, -0.1) is 11.3 Å². The van der Waals surface area contributed by atoms with Crippen LogP contribution in [0.1, 0.15) is 34.1 Å². The average Bonchev–Trinajstić information content (AvgIpc) is 3.41. The van der Waals surface area contributed by atoms with Crippen LogP contribution in [0.15, 0.2) is 53.4 Å². The van der Waals surface area contributed by atoms with Crippen molar-refractivity contribution in [3.05, 3.63) is 63.8 Å². The molecule has 0 spiro atoms. The second-order valence-electron chi connectivity index (χ2n) is 6.34. The van der Waals surface area contributed by atoms with E-state index < -0.39 is 0 Å². The second kappa shape index (κ2) is 8.65. The van der Waals surface area contributed by atoms with Crippen LogP contribution in [0.5, 0.6) is 10.9 Å². The van der Waals surface area contributed by atoms with Gasteiger partial charge in [0.2, 0.25) is 0 Å². The van der Waals surface area contributed by atoms with Crippen LogP contribution >= 0.6 is 22.7 Å². The fourth-order valence-electron chi connectivity index (χ4n) is 3.20. The third kappa shape index (κ3) is 4.55. The molecule has 27 heavy (non-hydrogen) atoms. The number of ether oxygens (including phenoxy) is 2. The van der Waals surface area contributed by atoms with Crippen LogP contribution in [0.3, 0.4) is 0 Å². The minimum atomic E-state index is -0.0688. The van der Waals surface area contributed by atoms with Gasteiger partial charge >= 0.3 is 0 Å². The van der Waals surface area contributed by atoms with Gasteiger partial charge in [-0.2, -0.15) is 0 Å². The lowest BCUT2D eigenvalue weighted by atomic mass is 9.90. The Morgan fingerprint density at radius 3 is 2.63 bits per heavy atom. The monoisotopic (exact) mass is 400 g/mol. The van der Waals surface area contributed by atoms with E-state index in [4.69, 9.17) is 9.47 Å². The Hall–Kier alpha value is -2.22. The number of amides is 1. The highest BCUT2D eigenvalue weighted by Crippen LogP contribution is 2.33. The molecule has 1 aliphatic heterocycles. The van der Waals surface area contributed by atoms with E-state index in [9.17, 15) is 4.79 Å². The first-order chi connectivity index (χ1) is 13.3. The van der Waals surface area contributed by atoms with Gasteiger partial charge in [0.05, 0.1) is 6.04 Å². The number of carbonyl (C=O) groups excluding carboxylic acids is 1. The fraction of sp³-hybridized carbons (Fsp3) is 0.300. The minimum Gasteiger partial charge on any atom is -0.431 e. The zero-order chi connectivity index (χ0) is 18.5. The van der Waals surface area contributed by atoms with Gasteiger partial charge in [-0.25, -0.2) is 4.98 Å². The Kier molecular flexibility index (Phi) is 5.81. The van der Waals surface area contributed by atoms with Crippen LogP contribution in [0, 0.1) is 5.92 Å². The molecular formula is C20H20N2O3S2. The summed E-state index contributed by atoms with van der Waals surface area (Å²) in [6.07, 6.45) is 3.62. The predicted molar refractivity (Wildman–Crippen MR) is 107 cm³/mol. The molecule has 1 saturated heterocycles. The number of rotatable bonds is 6. The number of hydrogen-bond donors (Lipinski definition) is 1. The highest BCUT2D eigenvalue weighted by atomic mass is 32.1. The molecule has 3 aromatic rings. The third-order valence-corrected chi connectivity index (χ3v) is 6.21. The highest BCUT2D eigenvalue weighted by Gasteiger charge is 2.28. The number of carbonyl (C=O) groups is 1. The van der Waals surface area contributed by atoms with Crippen molar-refractivity contribution in [1.29, 1.82) is 0 Å².